The Bertz CT molecular complexity index is 1300. The number of aromatic carboxylic acids is 1. The molecule has 7 nitrogen and oxygen atoms in total. The van der Waals surface area contributed by atoms with E-state index in [4.69, 9.17) is 16.7 Å². The summed E-state index contributed by atoms with van der Waals surface area (Å²) in [6.45, 7) is 7.15. The third kappa shape index (κ3) is 5.04. The molecule has 0 atom stereocenters. The van der Waals surface area contributed by atoms with Gasteiger partial charge in [-0.1, -0.05) is 29.8 Å². The molecule has 3 heterocycles. The third-order valence-corrected chi connectivity index (χ3v) is 7.61. The minimum Gasteiger partial charge on any atom is -0.478 e. The number of rotatable bonds is 7. The van der Waals surface area contributed by atoms with Gasteiger partial charge in [0.2, 0.25) is 5.91 Å². The van der Waals surface area contributed by atoms with Crippen LogP contribution in [0.15, 0.2) is 42.5 Å². The van der Waals surface area contributed by atoms with E-state index in [1.54, 1.807) is 25.1 Å². The lowest BCUT2D eigenvalue weighted by Gasteiger charge is -2.27. The zero-order valence-corrected chi connectivity index (χ0v) is 21.3. The van der Waals surface area contributed by atoms with Gasteiger partial charge >= 0.3 is 5.97 Å². The fourth-order valence-corrected chi connectivity index (χ4v) is 5.57. The first-order chi connectivity index (χ1) is 17.4. The van der Waals surface area contributed by atoms with Crippen LogP contribution in [0, 0.1) is 0 Å². The van der Waals surface area contributed by atoms with Crippen LogP contribution < -0.4 is 0 Å². The maximum atomic E-state index is 12.2. The van der Waals surface area contributed by atoms with Gasteiger partial charge in [-0.15, -0.1) is 0 Å². The predicted octanol–water partition coefficient (Wildman–Crippen LogP) is 4.96. The van der Waals surface area contributed by atoms with E-state index in [-0.39, 0.29) is 11.5 Å². The number of carboxylic acid groups (broad SMARTS) is 1. The Hall–Kier alpha value is -3.16. The van der Waals surface area contributed by atoms with E-state index in [0.29, 0.717) is 18.1 Å². The first-order valence-electron chi connectivity index (χ1n) is 12.6. The lowest BCUT2D eigenvalue weighted by Crippen LogP contribution is -2.34. The predicted molar refractivity (Wildman–Crippen MR) is 140 cm³/mol. The van der Waals surface area contributed by atoms with Crippen LogP contribution in [-0.2, 0) is 24.3 Å². The number of aryl methyl sites for hydroxylation is 1. The van der Waals surface area contributed by atoms with Crippen LogP contribution in [0.2, 0.25) is 5.02 Å². The van der Waals surface area contributed by atoms with Crippen LogP contribution in [0.5, 0.6) is 0 Å². The lowest BCUT2D eigenvalue weighted by atomic mass is 9.96. The van der Waals surface area contributed by atoms with Crippen molar-refractivity contribution in [3.63, 3.8) is 0 Å². The Morgan fingerprint density at radius 3 is 2.58 bits per heavy atom. The molecule has 2 aliphatic rings. The van der Waals surface area contributed by atoms with Gasteiger partial charge in [-0.2, -0.15) is 5.10 Å². The van der Waals surface area contributed by atoms with Crippen molar-refractivity contribution >= 4 is 23.5 Å². The van der Waals surface area contributed by atoms with Crippen LogP contribution >= 0.6 is 11.6 Å². The maximum Gasteiger partial charge on any atom is 0.335 e. The normalized spacial score (nSPS) is 15.8. The Morgan fingerprint density at radius 2 is 1.83 bits per heavy atom. The zero-order chi connectivity index (χ0) is 25.2. The summed E-state index contributed by atoms with van der Waals surface area (Å²) in [4.78, 5) is 28.1. The summed E-state index contributed by atoms with van der Waals surface area (Å²) < 4.78 is 2.14. The van der Waals surface area contributed by atoms with Crippen LogP contribution in [0.4, 0.5) is 0 Å². The van der Waals surface area contributed by atoms with Gasteiger partial charge in [0, 0.05) is 60.4 Å². The fraction of sp³-hybridized carbons (Fsp3) is 0.393. The van der Waals surface area contributed by atoms with Gasteiger partial charge in [-0.05, 0) is 68.7 Å². The summed E-state index contributed by atoms with van der Waals surface area (Å²) in [6.07, 6.45) is 4.40. The van der Waals surface area contributed by atoms with Gasteiger partial charge in [0.05, 0.1) is 11.3 Å². The summed E-state index contributed by atoms with van der Waals surface area (Å²) in [7, 11) is 0. The van der Waals surface area contributed by atoms with E-state index in [9.17, 15) is 14.7 Å². The van der Waals surface area contributed by atoms with Gasteiger partial charge < -0.3 is 14.9 Å². The second-order valence-corrected chi connectivity index (χ2v) is 10.1. The van der Waals surface area contributed by atoms with Gasteiger partial charge in [-0.3, -0.25) is 9.48 Å². The number of halogens is 1. The SMILES string of the molecule is CC(=O)N1CCc2c(c(-c3ccc(Cl)c(-c4cccc(C(=O)O)c4)c3)nn2CCCN2CCCC2)C1. The molecule has 36 heavy (non-hydrogen) atoms. The van der Waals surface area contributed by atoms with Crippen molar-refractivity contribution in [2.45, 2.75) is 45.7 Å². The minimum absolute atomic E-state index is 0.0654. The largest absolute Gasteiger partial charge is 0.478 e. The number of benzene rings is 2. The summed E-state index contributed by atoms with van der Waals surface area (Å²) in [6, 6.07) is 12.6. The van der Waals surface area contributed by atoms with E-state index >= 15 is 0 Å². The highest BCUT2D eigenvalue weighted by atomic mass is 35.5. The van der Waals surface area contributed by atoms with Gasteiger partial charge in [0.25, 0.3) is 0 Å². The van der Waals surface area contributed by atoms with E-state index in [1.165, 1.54) is 31.6 Å². The third-order valence-electron chi connectivity index (χ3n) is 7.28. The molecule has 0 radical (unpaired) electrons. The molecule has 8 heteroatoms. The molecule has 1 aromatic heterocycles. The molecule has 0 unspecified atom stereocenters. The summed E-state index contributed by atoms with van der Waals surface area (Å²) in [5.41, 5.74) is 5.78. The van der Waals surface area contributed by atoms with Gasteiger partial charge in [0.1, 0.15) is 0 Å². The van der Waals surface area contributed by atoms with Crippen molar-refractivity contribution in [1.29, 1.82) is 0 Å². The number of carbonyl (C=O) groups excluding carboxylic acids is 1. The van der Waals surface area contributed by atoms with Gasteiger partial charge in [-0.25, -0.2) is 4.79 Å². The molecule has 5 rings (SSSR count). The van der Waals surface area contributed by atoms with Crippen molar-refractivity contribution in [3.05, 3.63) is 64.3 Å². The first kappa shape index (κ1) is 24.5. The average Bonchev–Trinajstić information content (AvgIpc) is 3.52. The number of amides is 1. The van der Waals surface area contributed by atoms with Crippen LogP contribution in [0.1, 0.15) is 47.8 Å². The molecule has 0 aliphatic carbocycles. The molecule has 2 aliphatic heterocycles. The summed E-state index contributed by atoms with van der Waals surface area (Å²) in [5.74, 6) is -0.911. The molecule has 1 saturated heterocycles. The van der Waals surface area contributed by atoms with Crippen molar-refractivity contribution < 1.29 is 14.7 Å². The van der Waals surface area contributed by atoms with Crippen molar-refractivity contribution in [1.82, 2.24) is 19.6 Å². The Kier molecular flexibility index (Phi) is 7.12. The van der Waals surface area contributed by atoms with Crippen molar-refractivity contribution in [2.24, 2.45) is 0 Å². The quantitative estimate of drug-likeness (QED) is 0.490. The van der Waals surface area contributed by atoms with E-state index in [0.717, 1.165) is 53.9 Å². The minimum atomic E-state index is -0.977. The summed E-state index contributed by atoms with van der Waals surface area (Å²) in [5, 5.41) is 15.0. The molecule has 1 fully saturated rings. The average molecular weight is 507 g/mol. The molecular weight excluding hydrogens is 476 g/mol. The van der Waals surface area contributed by atoms with E-state index < -0.39 is 5.97 Å². The van der Waals surface area contributed by atoms with E-state index in [1.807, 2.05) is 29.2 Å². The Labute approximate surface area is 216 Å². The van der Waals surface area contributed by atoms with Crippen LogP contribution in [0.3, 0.4) is 0 Å². The van der Waals surface area contributed by atoms with Crippen LogP contribution in [-0.4, -0.2) is 62.7 Å². The molecule has 1 amide bonds. The molecule has 2 aromatic carbocycles. The lowest BCUT2D eigenvalue weighted by molar-refractivity contribution is -0.129. The summed E-state index contributed by atoms with van der Waals surface area (Å²) >= 11 is 6.56. The molecule has 0 saturated carbocycles. The second-order valence-electron chi connectivity index (χ2n) is 9.67. The second kappa shape index (κ2) is 10.4. The highest BCUT2D eigenvalue weighted by Gasteiger charge is 2.27. The molecule has 0 spiro atoms. The van der Waals surface area contributed by atoms with E-state index in [2.05, 4.69) is 9.58 Å². The zero-order valence-electron chi connectivity index (χ0n) is 20.5. The number of nitrogens with zero attached hydrogens (tertiary/aromatic N) is 4. The number of carbonyl (C=O) groups is 2. The van der Waals surface area contributed by atoms with Crippen LogP contribution in [0.25, 0.3) is 22.4 Å². The first-order valence-corrected chi connectivity index (χ1v) is 13.0. The fourth-order valence-electron chi connectivity index (χ4n) is 5.34. The molecule has 3 aromatic rings. The standard InChI is InChI=1S/C28H31ClN4O3/c1-19(34)32-15-10-26-24(18-32)27(30-33(26)14-5-13-31-11-2-3-12-31)21-8-9-25(29)23(17-21)20-6-4-7-22(16-20)28(35)36/h4,6-9,16-17H,2-3,5,10-15,18H2,1H3,(H,35,36). The number of carboxylic acids is 1. The monoisotopic (exact) mass is 506 g/mol. The Morgan fingerprint density at radius 1 is 1.03 bits per heavy atom. The smallest absolute Gasteiger partial charge is 0.335 e. The molecule has 188 valence electrons. The van der Waals surface area contributed by atoms with Gasteiger partial charge in [0.15, 0.2) is 0 Å². The molecule has 0 bridgehead atoms. The molecule has 1 N–H and O–H groups in total. The highest BCUT2D eigenvalue weighted by Crippen LogP contribution is 2.36. The number of aromatic nitrogens is 2. The molecular formula is C28H31ClN4O3. The number of hydrogen-bond acceptors (Lipinski definition) is 4. The maximum absolute atomic E-state index is 12.2. The highest BCUT2D eigenvalue weighted by molar-refractivity contribution is 6.33. The van der Waals surface area contributed by atoms with Crippen molar-refractivity contribution in [3.8, 4) is 22.4 Å². The topological polar surface area (TPSA) is 78.7 Å². The Balaban J connectivity index is 1.50. The number of likely N-dealkylation sites (tertiary alicyclic amines) is 1. The number of fused-ring (bicyclic) bond motifs is 1. The van der Waals surface area contributed by atoms with Crippen molar-refractivity contribution in [2.75, 3.05) is 26.2 Å². The number of hydrogen-bond donors (Lipinski definition) is 1.